The molecule has 3 rings (SSSR count). The van der Waals surface area contributed by atoms with E-state index in [0.29, 0.717) is 23.1 Å². The van der Waals surface area contributed by atoms with Crippen LogP contribution in [0.25, 0.3) is 16.6 Å². The Morgan fingerprint density at radius 1 is 1.23 bits per heavy atom. The maximum absolute atomic E-state index is 12.3. The second-order valence-corrected chi connectivity index (χ2v) is 9.47. The van der Waals surface area contributed by atoms with E-state index in [1.807, 2.05) is 78.8 Å². The van der Waals surface area contributed by atoms with E-state index in [1.165, 1.54) is 0 Å². The number of carbonyl (C=O) groups is 1. The van der Waals surface area contributed by atoms with E-state index in [2.05, 4.69) is 15.3 Å². The first-order valence-corrected chi connectivity index (χ1v) is 12.1. The predicted molar refractivity (Wildman–Crippen MR) is 144 cm³/mol. The lowest BCUT2D eigenvalue weighted by Crippen LogP contribution is -2.31. The summed E-state index contributed by atoms with van der Waals surface area (Å²) in [6.07, 6.45) is 3.49. The van der Waals surface area contributed by atoms with Gasteiger partial charge in [0.15, 0.2) is 0 Å². The number of para-hydroxylation sites is 1. The summed E-state index contributed by atoms with van der Waals surface area (Å²) in [6.45, 7) is 13.6. The van der Waals surface area contributed by atoms with E-state index in [9.17, 15) is 4.79 Å². The molecule has 0 saturated carbocycles. The van der Waals surface area contributed by atoms with Gasteiger partial charge in [-0.15, -0.1) is 0 Å². The van der Waals surface area contributed by atoms with Crippen LogP contribution in [0.2, 0.25) is 0 Å². The minimum absolute atomic E-state index is 0.0119. The summed E-state index contributed by atoms with van der Waals surface area (Å²) < 4.78 is 6.34. The Balaban J connectivity index is 2.01. The zero-order chi connectivity index (χ0) is 25.7. The number of carbonyl (C=O) groups excluding carboxylic acids is 1. The van der Waals surface area contributed by atoms with E-state index < -0.39 is 0 Å². The van der Waals surface area contributed by atoms with Gasteiger partial charge in [0.1, 0.15) is 17.9 Å². The zero-order valence-electron chi connectivity index (χ0n) is 21.4. The lowest BCUT2D eigenvalue weighted by atomic mass is 10.0. The van der Waals surface area contributed by atoms with Crippen LogP contribution in [0.5, 0.6) is 5.75 Å². The number of nitrogens with zero attached hydrogens (tertiary/aromatic N) is 3. The Hall–Kier alpha value is -3.25. The van der Waals surface area contributed by atoms with Gasteiger partial charge in [-0.3, -0.25) is 14.8 Å². The first kappa shape index (κ1) is 26.4. The highest BCUT2D eigenvalue weighted by atomic mass is 35.5. The fraction of sp³-hybridized carbons (Fsp3) is 0.357. The summed E-state index contributed by atoms with van der Waals surface area (Å²) in [5.74, 6) is 0.545. The molecule has 0 bridgehead atoms. The third-order valence-electron chi connectivity index (χ3n) is 5.76. The van der Waals surface area contributed by atoms with Crippen LogP contribution in [0.1, 0.15) is 68.7 Å². The van der Waals surface area contributed by atoms with Crippen LogP contribution >= 0.6 is 11.6 Å². The molecule has 1 atom stereocenters. The molecule has 0 aliphatic heterocycles. The molecule has 3 aromatic rings. The number of hydrogen-bond donors (Lipinski definition) is 1. The number of halogens is 1. The SMILES string of the molecule is CC=N/C(=C(\C)Cl)c1cc(C)nc2c(OCc3c(C)ccnc3C(C)NC(=O)C(C)C)cccc12. The van der Waals surface area contributed by atoms with Crippen molar-refractivity contribution in [1.29, 1.82) is 0 Å². The molecule has 0 radical (unpaired) electrons. The van der Waals surface area contributed by atoms with Gasteiger partial charge in [0, 0.05) is 45.6 Å². The lowest BCUT2D eigenvalue weighted by Gasteiger charge is -2.20. The average molecular weight is 493 g/mol. The Labute approximate surface area is 212 Å². The fourth-order valence-corrected chi connectivity index (χ4v) is 4.06. The third-order valence-corrected chi connectivity index (χ3v) is 5.94. The summed E-state index contributed by atoms with van der Waals surface area (Å²) in [4.78, 5) is 26.1. The minimum atomic E-state index is -0.241. The summed E-state index contributed by atoms with van der Waals surface area (Å²) in [7, 11) is 0. The van der Waals surface area contributed by atoms with Crippen molar-refractivity contribution in [1.82, 2.24) is 15.3 Å². The fourth-order valence-electron chi connectivity index (χ4n) is 3.90. The minimum Gasteiger partial charge on any atom is -0.487 e. The number of pyridine rings is 2. The molecule has 7 heteroatoms. The summed E-state index contributed by atoms with van der Waals surface area (Å²) in [5, 5.41) is 4.56. The molecule has 1 aromatic carbocycles. The van der Waals surface area contributed by atoms with Gasteiger partial charge in [0.05, 0.1) is 17.4 Å². The third kappa shape index (κ3) is 6.06. The molecular formula is C28H33ClN4O2. The smallest absolute Gasteiger partial charge is 0.223 e. The first-order valence-electron chi connectivity index (χ1n) is 11.8. The summed E-state index contributed by atoms with van der Waals surface area (Å²) >= 11 is 6.39. The number of allylic oxidation sites excluding steroid dienone is 1. The lowest BCUT2D eigenvalue weighted by molar-refractivity contribution is -0.124. The van der Waals surface area contributed by atoms with E-state index in [4.69, 9.17) is 21.3 Å². The molecule has 184 valence electrons. The molecule has 2 aromatic heterocycles. The normalized spacial score (nSPS) is 13.3. The van der Waals surface area contributed by atoms with Crippen molar-refractivity contribution in [2.75, 3.05) is 0 Å². The molecule has 0 aliphatic rings. The topological polar surface area (TPSA) is 76.5 Å². The van der Waals surface area contributed by atoms with Gasteiger partial charge < -0.3 is 10.1 Å². The molecule has 2 heterocycles. The van der Waals surface area contributed by atoms with Crippen molar-refractivity contribution in [3.05, 3.63) is 69.6 Å². The van der Waals surface area contributed by atoms with Gasteiger partial charge in [-0.05, 0) is 58.4 Å². The number of hydrogen-bond acceptors (Lipinski definition) is 5. The molecule has 0 saturated heterocycles. The van der Waals surface area contributed by atoms with Crippen LogP contribution in [-0.2, 0) is 11.4 Å². The number of fused-ring (bicyclic) bond motifs is 1. The molecule has 0 spiro atoms. The number of aromatic nitrogens is 2. The highest BCUT2D eigenvalue weighted by molar-refractivity contribution is 6.32. The Morgan fingerprint density at radius 3 is 2.63 bits per heavy atom. The molecule has 35 heavy (non-hydrogen) atoms. The predicted octanol–water partition coefficient (Wildman–Crippen LogP) is 6.68. The first-order chi connectivity index (χ1) is 16.6. The maximum atomic E-state index is 12.3. The molecule has 0 aliphatic carbocycles. The molecule has 0 fully saturated rings. The second-order valence-electron chi connectivity index (χ2n) is 8.90. The van der Waals surface area contributed by atoms with Crippen molar-refractivity contribution in [2.24, 2.45) is 10.9 Å². The molecule has 1 N–H and O–H groups in total. The van der Waals surface area contributed by atoms with Crippen LogP contribution in [0.4, 0.5) is 0 Å². The summed E-state index contributed by atoms with van der Waals surface area (Å²) in [6, 6.07) is 9.55. The molecule has 1 unspecified atom stereocenters. The maximum Gasteiger partial charge on any atom is 0.223 e. The van der Waals surface area contributed by atoms with Gasteiger partial charge in [0.2, 0.25) is 5.91 Å². The second kappa shape index (κ2) is 11.5. The number of amides is 1. The van der Waals surface area contributed by atoms with Crippen LogP contribution in [0.15, 0.2) is 46.6 Å². The molecule has 6 nitrogen and oxygen atoms in total. The van der Waals surface area contributed by atoms with Crippen LogP contribution in [0, 0.1) is 19.8 Å². The molecular weight excluding hydrogens is 460 g/mol. The van der Waals surface area contributed by atoms with Crippen molar-refractivity contribution in [3.63, 3.8) is 0 Å². The summed E-state index contributed by atoms with van der Waals surface area (Å²) in [5.41, 5.74) is 5.99. The van der Waals surface area contributed by atoms with E-state index >= 15 is 0 Å². The number of benzene rings is 1. The standard InChI is InChI=1S/C28H33ClN4O2/c1-8-30-25(19(6)29)22-14-18(5)32-27-21(22)10-9-11-24(27)35-15-23-17(4)12-13-31-26(23)20(7)33-28(34)16(2)3/h8-14,16,20H,15H2,1-7H3,(H,33,34)/b25-19+,30-8?. The van der Waals surface area contributed by atoms with Gasteiger partial charge in [-0.1, -0.05) is 37.6 Å². The van der Waals surface area contributed by atoms with Crippen molar-refractivity contribution < 1.29 is 9.53 Å². The van der Waals surface area contributed by atoms with E-state index in [0.717, 1.165) is 39.0 Å². The van der Waals surface area contributed by atoms with Gasteiger partial charge in [-0.25, -0.2) is 4.98 Å². The monoisotopic (exact) mass is 492 g/mol. The van der Waals surface area contributed by atoms with E-state index in [1.54, 1.807) is 12.4 Å². The highest BCUT2D eigenvalue weighted by Gasteiger charge is 2.19. The Kier molecular flexibility index (Phi) is 8.62. The number of aryl methyl sites for hydroxylation is 2. The quantitative estimate of drug-likeness (QED) is 0.356. The van der Waals surface area contributed by atoms with Gasteiger partial charge in [-0.2, -0.15) is 0 Å². The van der Waals surface area contributed by atoms with Gasteiger partial charge in [0.25, 0.3) is 0 Å². The van der Waals surface area contributed by atoms with Crippen LogP contribution in [-0.4, -0.2) is 22.1 Å². The number of nitrogens with one attached hydrogen (secondary N) is 1. The average Bonchev–Trinajstić information content (AvgIpc) is 2.80. The number of ether oxygens (including phenoxy) is 1. The number of aliphatic imine (C=N–C) groups is 1. The van der Waals surface area contributed by atoms with Crippen LogP contribution in [0.3, 0.4) is 0 Å². The highest BCUT2D eigenvalue weighted by Crippen LogP contribution is 2.34. The largest absolute Gasteiger partial charge is 0.487 e. The van der Waals surface area contributed by atoms with E-state index in [-0.39, 0.29) is 17.9 Å². The zero-order valence-corrected chi connectivity index (χ0v) is 22.2. The van der Waals surface area contributed by atoms with Crippen molar-refractivity contribution >= 4 is 40.3 Å². The van der Waals surface area contributed by atoms with Crippen molar-refractivity contribution in [3.8, 4) is 5.75 Å². The number of rotatable bonds is 8. The van der Waals surface area contributed by atoms with Crippen molar-refractivity contribution in [2.45, 2.75) is 61.1 Å². The Morgan fingerprint density at radius 2 is 1.97 bits per heavy atom. The van der Waals surface area contributed by atoms with Gasteiger partial charge >= 0.3 is 0 Å². The molecule has 1 amide bonds. The Bertz CT molecular complexity index is 1290. The van der Waals surface area contributed by atoms with Crippen LogP contribution < -0.4 is 10.1 Å².